The second-order valence-corrected chi connectivity index (χ2v) is 8.44. The van der Waals surface area contributed by atoms with Crippen LogP contribution in [0.2, 0.25) is 0 Å². The molecule has 4 rings (SSSR count). The number of morpholine rings is 1. The Morgan fingerprint density at radius 2 is 1.83 bits per heavy atom. The van der Waals surface area contributed by atoms with Crippen molar-refractivity contribution in [2.75, 3.05) is 26.3 Å². The van der Waals surface area contributed by atoms with Gasteiger partial charge in [0.15, 0.2) is 0 Å². The van der Waals surface area contributed by atoms with Gasteiger partial charge in [0.2, 0.25) is 5.91 Å². The van der Waals surface area contributed by atoms with Crippen molar-refractivity contribution in [3.63, 3.8) is 0 Å². The first-order chi connectivity index (χ1) is 14.1. The van der Waals surface area contributed by atoms with Crippen LogP contribution in [0.1, 0.15) is 32.3 Å². The number of benzene rings is 1. The Morgan fingerprint density at radius 1 is 1.10 bits per heavy atom. The van der Waals surface area contributed by atoms with Gasteiger partial charge in [0.05, 0.1) is 17.6 Å². The van der Waals surface area contributed by atoms with Gasteiger partial charge in [-0.1, -0.05) is 30.3 Å². The summed E-state index contributed by atoms with van der Waals surface area (Å²) in [6.45, 7) is 6.69. The first-order valence-electron chi connectivity index (χ1n) is 10.6. The smallest absolute Gasteiger partial charge is 0.229 e. The van der Waals surface area contributed by atoms with E-state index in [1.807, 2.05) is 31.0 Å². The van der Waals surface area contributed by atoms with Crippen LogP contribution in [-0.2, 0) is 20.7 Å². The Labute approximate surface area is 173 Å². The van der Waals surface area contributed by atoms with Crippen LogP contribution >= 0.6 is 0 Å². The number of aromatic nitrogens is 1. The minimum atomic E-state index is -0.423. The maximum Gasteiger partial charge on any atom is 0.229 e. The molecular formula is C24H30N2O3. The average molecular weight is 395 g/mol. The Bertz CT molecular complexity index is 823. The van der Waals surface area contributed by atoms with Crippen LogP contribution in [0.3, 0.4) is 0 Å². The van der Waals surface area contributed by atoms with Gasteiger partial charge in [0.1, 0.15) is 0 Å². The van der Waals surface area contributed by atoms with Gasteiger partial charge in [0, 0.05) is 44.3 Å². The summed E-state index contributed by atoms with van der Waals surface area (Å²) in [5.74, 6) is 0.254. The lowest BCUT2D eigenvalue weighted by Crippen LogP contribution is -2.55. The molecule has 2 atom stereocenters. The van der Waals surface area contributed by atoms with Crippen molar-refractivity contribution in [2.24, 2.45) is 5.41 Å². The fraction of sp³-hybridized carbons (Fsp3) is 0.500. The fourth-order valence-corrected chi connectivity index (χ4v) is 4.75. The molecule has 29 heavy (non-hydrogen) atoms. The van der Waals surface area contributed by atoms with Crippen molar-refractivity contribution in [2.45, 2.75) is 45.3 Å². The second-order valence-electron chi connectivity index (χ2n) is 8.44. The maximum atomic E-state index is 13.8. The van der Waals surface area contributed by atoms with Gasteiger partial charge in [-0.15, -0.1) is 0 Å². The van der Waals surface area contributed by atoms with Gasteiger partial charge in [-0.3, -0.25) is 9.78 Å². The molecule has 2 aromatic rings. The largest absolute Gasteiger partial charge is 0.381 e. The molecule has 2 fully saturated rings. The van der Waals surface area contributed by atoms with E-state index in [2.05, 4.69) is 35.3 Å². The summed E-state index contributed by atoms with van der Waals surface area (Å²) in [5.41, 5.74) is 3.02. The standard InChI is InChI=1S/C24H30N2O3/c1-18-16-26(17-19(2)29-18)23(27)24(9-12-28-13-10-24)14-20-6-3-4-8-22(20)21-7-5-11-25-15-21/h3-8,11,15,18-19H,9-10,12-14,16-17H2,1-2H3. The highest BCUT2D eigenvalue weighted by molar-refractivity contribution is 5.84. The Morgan fingerprint density at radius 3 is 2.52 bits per heavy atom. The molecule has 0 saturated carbocycles. The van der Waals surface area contributed by atoms with E-state index < -0.39 is 5.41 Å². The summed E-state index contributed by atoms with van der Waals surface area (Å²) >= 11 is 0. The quantitative estimate of drug-likeness (QED) is 0.793. The minimum absolute atomic E-state index is 0.0715. The van der Waals surface area contributed by atoms with Crippen molar-refractivity contribution >= 4 is 5.91 Å². The molecule has 2 unspecified atom stereocenters. The molecule has 1 aromatic heterocycles. The van der Waals surface area contributed by atoms with Gasteiger partial charge in [-0.25, -0.2) is 0 Å². The molecule has 3 heterocycles. The number of pyridine rings is 1. The third kappa shape index (κ3) is 4.36. The van der Waals surface area contributed by atoms with E-state index in [1.54, 1.807) is 6.20 Å². The first kappa shape index (κ1) is 20.0. The molecule has 1 amide bonds. The zero-order valence-corrected chi connectivity index (χ0v) is 17.3. The molecule has 2 aliphatic heterocycles. The van der Waals surface area contributed by atoms with E-state index in [4.69, 9.17) is 9.47 Å². The third-order valence-electron chi connectivity index (χ3n) is 6.13. The van der Waals surface area contributed by atoms with E-state index in [1.165, 1.54) is 5.56 Å². The van der Waals surface area contributed by atoms with Crippen LogP contribution in [-0.4, -0.2) is 54.3 Å². The van der Waals surface area contributed by atoms with Gasteiger partial charge < -0.3 is 14.4 Å². The molecule has 0 spiro atoms. The molecule has 0 aliphatic carbocycles. The molecular weight excluding hydrogens is 364 g/mol. The number of nitrogens with zero attached hydrogens (tertiary/aromatic N) is 2. The molecule has 0 bridgehead atoms. The van der Waals surface area contributed by atoms with Crippen molar-refractivity contribution in [1.82, 2.24) is 9.88 Å². The molecule has 154 valence electrons. The lowest BCUT2D eigenvalue weighted by Gasteiger charge is -2.43. The fourth-order valence-electron chi connectivity index (χ4n) is 4.75. The molecule has 0 radical (unpaired) electrons. The highest BCUT2D eigenvalue weighted by Crippen LogP contribution is 2.39. The topological polar surface area (TPSA) is 51.7 Å². The number of hydrogen-bond donors (Lipinski definition) is 0. The number of amides is 1. The normalized spacial score (nSPS) is 24.3. The molecule has 2 saturated heterocycles. The monoisotopic (exact) mass is 394 g/mol. The molecule has 5 nitrogen and oxygen atoms in total. The summed E-state index contributed by atoms with van der Waals surface area (Å²) in [7, 11) is 0. The number of carbonyl (C=O) groups excluding carboxylic acids is 1. The highest BCUT2D eigenvalue weighted by atomic mass is 16.5. The molecule has 2 aliphatic rings. The highest BCUT2D eigenvalue weighted by Gasteiger charge is 2.44. The summed E-state index contributed by atoms with van der Waals surface area (Å²) in [6.07, 6.45) is 6.06. The molecule has 5 heteroatoms. The number of ether oxygens (including phenoxy) is 2. The van der Waals surface area contributed by atoms with Crippen LogP contribution in [0.25, 0.3) is 11.1 Å². The van der Waals surface area contributed by atoms with Crippen LogP contribution in [0.5, 0.6) is 0 Å². The van der Waals surface area contributed by atoms with E-state index >= 15 is 0 Å². The van der Waals surface area contributed by atoms with Gasteiger partial charge in [-0.05, 0) is 50.3 Å². The lowest BCUT2D eigenvalue weighted by atomic mass is 9.72. The van der Waals surface area contributed by atoms with Crippen LogP contribution in [0.15, 0.2) is 48.8 Å². The van der Waals surface area contributed by atoms with Crippen molar-refractivity contribution in [3.05, 3.63) is 54.4 Å². The summed E-state index contributed by atoms with van der Waals surface area (Å²) in [4.78, 5) is 20.1. The van der Waals surface area contributed by atoms with Crippen LogP contribution in [0, 0.1) is 5.41 Å². The summed E-state index contributed by atoms with van der Waals surface area (Å²) in [5, 5.41) is 0. The van der Waals surface area contributed by atoms with Crippen molar-refractivity contribution in [3.8, 4) is 11.1 Å². The Kier molecular flexibility index (Phi) is 5.97. The molecule has 0 N–H and O–H groups in total. The predicted molar refractivity (Wildman–Crippen MR) is 112 cm³/mol. The SMILES string of the molecule is CC1CN(C(=O)C2(Cc3ccccc3-c3cccnc3)CCOCC2)CC(C)O1. The summed E-state index contributed by atoms with van der Waals surface area (Å²) in [6, 6.07) is 12.4. The minimum Gasteiger partial charge on any atom is -0.381 e. The Balaban J connectivity index is 1.66. The van der Waals surface area contributed by atoms with Crippen LogP contribution < -0.4 is 0 Å². The van der Waals surface area contributed by atoms with Gasteiger partial charge in [0.25, 0.3) is 0 Å². The van der Waals surface area contributed by atoms with E-state index in [0.717, 1.165) is 30.4 Å². The van der Waals surface area contributed by atoms with Gasteiger partial charge >= 0.3 is 0 Å². The van der Waals surface area contributed by atoms with Crippen molar-refractivity contribution < 1.29 is 14.3 Å². The Hall–Kier alpha value is -2.24. The lowest BCUT2D eigenvalue weighted by molar-refractivity contribution is -0.159. The third-order valence-corrected chi connectivity index (χ3v) is 6.13. The molecule has 1 aromatic carbocycles. The zero-order chi connectivity index (χ0) is 20.3. The average Bonchev–Trinajstić information content (AvgIpc) is 2.74. The number of hydrogen-bond acceptors (Lipinski definition) is 4. The first-order valence-corrected chi connectivity index (χ1v) is 10.6. The number of rotatable bonds is 4. The van der Waals surface area contributed by atoms with Gasteiger partial charge in [-0.2, -0.15) is 0 Å². The van der Waals surface area contributed by atoms with Crippen LogP contribution in [0.4, 0.5) is 0 Å². The van der Waals surface area contributed by atoms with Crippen molar-refractivity contribution in [1.29, 1.82) is 0 Å². The van der Waals surface area contributed by atoms with E-state index in [-0.39, 0.29) is 18.1 Å². The van der Waals surface area contributed by atoms with E-state index in [0.29, 0.717) is 26.3 Å². The second kappa shape index (κ2) is 8.64. The predicted octanol–water partition coefficient (Wildman–Crippen LogP) is 3.72. The summed E-state index contributed by atoms with van der Waals surface area (Å²) < 4.78 is 11.5. The number of carbonyl (C=O) groups is 1. The zero-order valence-electron chi connectivity index (χ0n) is 17.3. The van der Waals surface area contributed by atoms with E-state index in [9.17, 15) is 4.79 Å². The maximum absolute atomic E-state index is 13.8.